The molecule has 0 bridgehead atoms. The van der Waals surface area contributed by atoms with Crippen LogP contribution in [0.2, 0.25) is 5.02 Å². The van der Waals surface area contributed by atoms with Crippen molar-refractivity contribution in [3.63, 3.8) is 0 Å². The highest BCUT2D eigenvalue weighted by molar-refractivity contribution is 7.10. The minimum Gasteiger partial charge on any atom is -0.378 e. The summed E-state index contributed by atoms with van der Waals surface area (Å²) in [6.07, 6.45) is 0. The number of benzene rings is 1. The van der Waals surface area contributed by atoms with Gasteiger partial charge in [-0.1, -0.05) is 17.7 Å². The van der Waals surface area contributed by atoms with E-state index in [0.717, 1.165) is 5.69 Å². The molecule has 0 aliphatic heterocycles. The summed E-state index contributed by atoms with van der Waals surface area (Å²) in [7, 11) is 3.43. The molecule has 3 nitrogen and oxygen atoms in total. The van der Waals surface area contributed by atoms with Crippen LogP contribution >= 0.6 is 22.9 Å². The molecule has 0 aliphatic carbocycles. The predicted molar refractivity (Wildman–Crippen MR) is 85.8 cm³/mol. The molecule has 1 amide bonds. The Morgan fingerprint density at radius 2 is 2.10 bits per heavy atom. The first-order valence-corrected chi connectivity index (χ1v) is 7.56. The van der Waals surface area contributed by atoms with E-state index in [1.54, 1.807) is 37.6 Å². The van der Waals surface area contributed by atoms with E-state index < -0.39 is 0 Å². The Morgan fingerprint density at radius 1 is 1.35 bits per heavy atom. The topological polar surface area (TPSA) is 32.3 Å². The van der Waals surface area contributed by atoms with Crippen molar-refractivity contribution in [1.82, 2.24) is 4.90 Å². The summed E-state index contributed by atoms with van der Waals surface area (Å²) in [4.78, 5) is 14.8. The summed E-state index contributed by atoms with van der Waals surface area (Å²) in [5.41, 5.74) is 1.40. The molecule has 1 aromatic carbocycles. The van der Waals surface area contributed by atoms with Crippen molar-refractivity contribution in [3.05, 3.63) is 51.2 Å². The Kier molecular flexibility index (Phi) is 4.68. The number of anilines is 1. The Bertz CT molecular complexity index is 596. The molecule has 0 saturated carbocycles. The number of amides is 1. The van der Waals surface area contributed by atoms with Crippen molar-refractivity contribution in [2.45, 2.75) is 13.0 Å². The Morgan fingerprint density at radius 3 is 2.70 bits per heavy atom. The van der Waals surface area contributed by atoms with Gasteiger partial charge in [-0.2, -0.15) is 0 Å². The molecular formula is C15H17ClN2OS. The van der Waals surface area contributed by atoms with E-state index in [9.17, 15) is 4.79 Å². The minimum atomic E-state index is -0.0950. The van der Waals surface area contributed by atoms with Gasteiger partial charge in [0.05, 0.1) is 16.6 Å². The quantitative estimate of drug-likeness (QED) is 0.914. The van der Waals surface area contributed by atoms with E-state index in [2.05, 4.69) is 23.7 Å². The van der Waals surface area contributed by atoms with E-state index in [4.69, 9.17) is 11.6 Å². The fraction of sp³-hybridized carbons (Fsp3) is 0.267. The molecule has 0 radical (unpaired) electrons. The van der Waals surface area contributed by atoms with E-state index in [1.165, 1.54) is 9.78 Å². The third kappa shape index (κ3) is 3.32. The smallest absolute Gasteiger partial charge is 0.254 e. The number of nitrogens with one attached hydrogen (secondary N) is 1. The van der Waals surface area contributed by atoms with Crippen LogP contribution in [0.4, 0.5) is 5.69 Å². The predicted octanol–water partition coefficient (Wildman–Crippen LogP) is 4.28. The first-order valence-electron chi connectivity index (χ1n) is 6.30. The van der Waals surface area contributed by atoms with Crippen LogP contribution in [0, 0.1) is 0 Å². The van der Waals surface area contributed by atoms with Gasteiger partial charge in [-0.25, -0.2) is 0 Å². The average molecular weight is 309 g/mol. The van der Waals surface area contributed by atoms with Crippen LogP contribution in [0.5, 0.6) is 0 Å². The van der Waals surface area contributed by atoms with Gasteiger partial charge in [0.1, 0.15) is 0 Å². The molecule has 1 N–H and O–H groups in total. The van der Waals surface area contributed by atoms with Gasteiger partial charge < -0.3 is 10.2 Å². The highest BCUT2D eigenvalue weighted by Crippen LogP contribution is 2.26. The lowest BCUT2D eigenvalue weighted by molar-refractivity contribution is 0.0828. The Hall–Kier alpha value is -1.52. The third-order valence-electron chi connectivity index (χ3n) is 2.96. The molecule has 0 fully saturated rings. The summed E-state index contributed by atoms with van der Waals surface area (Å²) in [5, 5.41) is 5.91. The van der Waals surface area contributed by atoms with Gasteiger partial charge in [-0.3, -0.25) is 4.79 Å². The van der Waals surface area contributed by atoms with Crippen molar-refractivity contribution < 1.29 is 4.79 Å². The Balaban J connectivity index is 2.21. The molecule has 1 unspecified atom stereocenters. The summed E-state index contributed by atoms with van der Waals surface area (Å²) < 4.78 is 0. The van der Waals surface area contributed by atoms with Gasteiger partial charge in [-0.05, 0) is 36.6 Å². The summed E-state index contributed by atoms with van der Waals surface area (Å²) in [6, 6.07) is 9.75. The zero-order valence-corrected chi connectivity index (χ0v) is 13.3. The van der Waals surface area contributed by atoms with Crippen LogP contribution in [0.15, 0.2) is 35.7 Å². The van der Waals surface area contributed by atoms with Gasteiger partial charge >= 0.3 is 0 Å². The maximum Gasteiger partial charge on any atom is 0.254 e. The third-order valence-corrected chi connectivity index (χ3v) is 4.34. The summed E-state index contributed by atoms with van der Waals surface area (Å²) in [6.45, 7) is 2.09. The van der Waals surface area contributed by atoms with E-state index in [-0.39, 0.29) is 11.9 Å². The van der Waals surface area contributed by atoms with Gasteiger partial charge in [0.25, 0.3) is 5.91 Å². The van der Waals surface area contributed by atoms with Gasteiger partial charge in [0, 0.05) is 24.7 Å². The van der Waals surface area contributed by atoms with E-state index in [1.807, 2.05) is 12.1 Å². The molecular weight excluding hydrogens is 292 g/mol. The lowest BCUT2D eigenvalue weighted by Crippen LogP contribution is -2.22. The van der Waals surface area contributed by atoms with Crippen LogP contribution in [-0.4, -0.2) is 24.9 Å². The second-order valence-electron chi connectivity index (χ2n) is 4.78. The van der Waals surface area contributed by atoms with Crippen molar-refractivity contribution in [3.8, 4) is 0 Å². The maximum atomic E-state index is 12.0. The lowest BCUT2D eigenvalue weighted by Gasteiger charge is -2.16. The minimum absolute atomic E-state index is 0.0950. The van der Waals surface area contributed by atoms with Crippen LogP contribution < -0.4 is 5.32 Å². The molecule has 2 rings (SSSR count). The normalized spacial score (nSPS) is 12.0. The van der Waals surface area contributed by atoms with Crippen LogP contribution in [-0.2, 0) is 0 Å². The van der Waals surface area contributed by atoms with Crippen LogP contribution in [0.25, 0.3) is 0 Å². The van der Waals surface area contributed by atoms with Crippen molar-refractivity contribution in [1.29, 1.82) is 0 Å². The van der Waals surface area contributed by atoms with Gasteiger partial charge in [0.15, 0.2) is 0 Å². The number of hydrogen-bond donors (Lipinski definition) is 1. The summed E-state index contributed by atoms with van der Waals surface area (Å²) in [5.74, 6) is -0.0950. The number of halogens is 1. The van der Waals surface area contributed by atoms with Gasteiger partial charge in [0.2, 0.25) is 0 Å². The van der Waals surface area contributed by atoms with E-state index >= 15 is 0 Å². The molecule has 0 aliphatic rings. The Labute approximate surface area is 128 Å². The van der Waals surface area contributed by atoms with Crippen LogP contribution in [0.3, 0.4) is 0 Å². The number of nitrogens with zero attached hydrogens (tertiary/aromatic N) is 1. The van der Waals surface area contributed by atoms with Crippen molar-refractivity contribution >= 4 is 34.5 Å². The van der Waals surface area contributed by atoms with Crippen LogP contribution in [0.1, 0.15) is 28.2 Å². The zero-order valence-electron chi connectivity index (χ0n) is 11.7. The molecule has 5 heteroatoms. The number of rotatable bonds is 4. The number of hydrogen-bond acceptors (Lipinski definition) is 3. The van der Waals surface area contributed by atoms with Crippen molar-refractivity contribution in [2.24, 2.45) is 0 Å². The molecule has 1 atom stereocenters. The standard InChI is InChI=1S/C15H17ClN2OS/c1-10(14-5-4-8-20-14)17-11-6-7-13(16)12(9-11)15(19)18(2)3/h4-10,17H,1-3H3. The van der Waals surface area contributed by atoms with E-state index in [0.29, 0.717) is 10.6 Å². The largest absolute Gasteiger partial charge is 0.378 e. The first kappa shape index (κ1) is 14.9. The number of carbonyl (C=O) groups is 1. The number of carbonyl (C=O) groups excluding carboxylic acids is 1. The maximum absolute atomic E-state index is 12.0. The fourth-order valence-corrected chi connectivity index (χ4v) is 2.81. The summed E-state index contributed by atoms with van der Waals surface area (Å²) >= 11 is 7.80. The molecule has 0 spiro atoms. The van der Waals surface area contributed by atoms with Gasteiger partial charge in [-0.15, -0.1) is 11.3 Å². The molecule has 0 saturated heterocycles. The molecule has 20 heavy (non-hydrogen) atoms. The monoisotopic (exact) mass is 308 g/mol. The molecule has 2 aromatic rings. The molecule has 106 valence electrons. The average Bonchev–Trinajstić information content (AvgIpc) is 2.94. The number of thiophene rings is 1. The molecule has 1 heterocycles. The molecule has 1 aromatic heterocycles. The highest BCUT2D eigenvalue weighted by Gasteiger charge is 2.14. The second-order valence-corrected chi connectivity index (χ2v) is 6.16. The fourth-order valence-electron chi connectivity index (χ4n) is 1.88. The lowest BCUT2D eigenvalue weighted by atomic mass is 10.1. The highest BCUT2D eigenvalue weighted by atomic mass is 35.5. The van der Waals surface area contributed by atoms with Crippen molar-refractivity contribution in [2.75, 3.05) is 19.4 Å². The SMILES string of the molecule is CC(Nc1ccc(Cl)c(C(=O)N(C)C)c1)c1cccs1. The second kappa shape index (κ2) is 6.29. The zero-order chi connectivity index (χ0) is 14.7. The first-order chi connectivity index (χ1) is 9.49.